The molecule has 5 nitrogen and oxygen atoms in total. The number of hydrogen-bond acceptors (Lipinski definition) is 4. The molecule has 5 heteroatoms. The molecule has 2 heterocycles. The Morgan fingerprint density at radius 3 is 2.79 bits per heavy atom. The molecule has 0 saturated carbocycles. The second-order valence-corrected chi connectivity index (χ2v) is 5.26. The molecule has 0 radical (unpaired) electrons. The van der Waals surface area contributed by atoms with Crippen molar-refractivity contribution in [1.29, 1.82) is 0 Å². The van der Waals surface area contributed by atoms with Crippen molar-refractivity contribution in [2.24, 2.45) is 0 Å². The highest BCUT2D eigenvalue weighted by molar-refractivity contribution is 5.89. The van der Waals surface area contributed by atoms with Crippen LogP contribution in [-0.2, 0) is 11.3 Å². The lowest BCUT2D eigenvalue weighted by atomic mass is 10.1. The Morgan fingerprint density at radius 2 is 2.16 bits per heavy atom. The minimum Gasteiger partial charge on any atom is -0.458 e. The van der Waals surface area contributed by atoms with Gasteiger partial charge in [-0.15, -0.1) is 0 Å². The number of aryl methyl sites for hydroxylation is 1. The summed E-state index contributed by atoms with van der Waals surface area (Å²) in [5, 5.41) is 0. The molecule has 1 fully saturated rings. The van der Waals surface area contributed by atoms with Crippen LogP contribution in [-0.4, -0.2) is 41.7 Å². The maximum atomic E-state index is 12.2. The van der Waals surface area contributed by atoms with E-state index in [0.717, 1.165) is 38.9 Å². The van der Waals surface area contributed by atoms with Crippen molar-refractivity contribution in [1.82, 2.24) is 9.47 Å². The lowest BCUT2D eigenvalue weighted by Gasteiger charge is -2.28. The number of carbonyl (C=O) groups excluding carboxylic acids is 1. The number of esters is 1. The number of aromatic nitrogens is 1. The second-order valence-electron chi connectivity index (χ2n) is 5.26. The van der Waals surface area contributed by atoms with Gasteiger partial charge in [-0.1, -0.05) is 6.92 Å². The van der Waals surface area contributed by atoms with Crippen LogP contribution < -0.4 is 5.73 Å². The number of carbonyl (C=O) groups is 1. The zero-order chi connectivity index (χ0) is 13.8. The van der Waals surface area contributed by atoms with Crippen LogP contribution in [0.15, 0.2) is 12.3 Å². The summed E-state index contributed by atoms with van der Waals surface area (Å²) in [5.41, 5.74) is 6.95. The Hall–Kier alpha value is -1.49. The van der Waals surface area contributed by atoms with Gasteiger partial charge in [-0.25, -0.2) is 4.79 Å². The molecule has 0 atom stereocenters. The predicted octanol–water partition coefficient (Wildman–Crippen LogP) is 1.73. The van der Waals surface area contributed by atoms with E-state index in [1.807, 2.05) is 4.57 Å². The highest BCUT2D eigenvalue weighted by Crippen LogP contribution is 2.17. The van der Waals surface area contributed by atoms with Crippen LogP contribution in [0.5, 0.6) is 0 Å². The monoisotopic (exact) mass is 265 g/mol. The fraction of sp³-hybridized carbons (Fsp3) is 0.643. The van der Waals surface area contributed by atoms with E-state index < -0.39 is 0 Å². The molecule has 0 aliphatic carbocycles. The third-order valence-electron chi connectivity index (χ3n) is 3.53. The minimum atomic E-state index is -0.250. The molecule has 2 rings (SSSR count). The third kappa shape index (κ3) is 3.50. The highest BCUT2D eigenvalue weighted by Gasteiger charge is 2.22. The van der Waals surface area contributed by atoms with Crippen LogP contribution in [0, 0.1) is 0 Å². The molecule has 1 aliphatic heterocycles. The fourth-order valence-electron chi connectivity index (χ4n) is 2.44. The number of nitrogen functional groups attached to an aromatic ring is 1. The van der Waals surface area contributed by atoms with Crippen molar-refractivity contribution in [3.8, 4) is 0 Å². The maximum absolute atomic E-state index is 12.2. The van der Waals surface area contributed by atoms with Gasteiger partial charge in [0.15, 0.2) is 0 Å². The van der Waals surface area contributed by atoms with Crippen molar-refractivity contribution < 1.29 is 9.53 Å². The normalized spacial score (nSPS) is 17.6. The topological polar surface area (TPSA) is 60.5 Å². The Morgan fingerprint density at radius 1 is 1.47 bits per heavy atom. The average molecular weight is 265 g/mol. The first-order valence-corrected chi connectivity index (χ1v) is 6.95. The molecule has 0 spiro atoms. The van der Waals surface area contributed by atoms with Gasteiger partial charge < -0.3 is 19.9 Å². The SMILES string of the molecule is CCCn1cc(N)cc1C(=O)OC1CCN(C)CC1. The van der Waals surface area contributed by atoms with Gasteiger partial charge in [0.2, 0.25) is 0 Å². The molecule has 1 aliphatic rings. The van der Waals surface area contributed by atoms with E-state index in [-0.39, 0.29) is 12.1 Å². The lowest BCUT2D eigenvalue weighted by molar-refractivity contribution is 0.0128. The van der Waals surface area contributed by atoms with E-state index in [9.17, 15) is 4.79 Å². The first kappa shape index (κ1) is 13.9. The van der Waals surface area contributed by atoms with Crippen molar-refractivity contribution in [3.05, 3.63) is 18.0 Å². The van der Waals surface area contributed by atoms with Crippen molar-refractivity contribution in [2.75, 3.05) is 25.9 Å². The zero-order valence-electron chi connectivity index (χ0n) is 11.8. The van der Waals surface area contributed by atoms with Gasteiger partial charge in [-0.2, -0.15) is 0 Å². The number of anilines is 1. The van der Waals surface area contributed by atoms with E-state index in [4.69, 9.17) is 10.5 Å². The maximum Gasteiger partial charge on any atom is 0.355 e. The number of nitrogens with two attached hydrogens (primary N) is 1. The molecule has 1 saturated heterocycles. The largest absolute Gasteiger partial charge is 0.458 e. The highest BCUT2D eigenvalue weighted by atomic mass is 16.5. The number of piperidine rings is 1. The predicted molar refractivity (Wildman–Crippen MR) is 75.1 cm³/mol. The summed E-state index contributed by atoms with van der Waals surface area (Å²) >= 11 is 0. The first-order valence-electron chi connectivity index (χ1n) is 6.95. The zero-order valence-corrected chi connectivity index (χ0v) is 11.8. The van der Waals surface area contributed by atoms with Gasteiger partial charge in [-0.05, 0) is 32.4 Å². The van der Waals surface area contributed by atoms with Crippen LogP contribution >= 0.6 is 0 Å². The van der Waals surface area contributed by atoms with E-state index in [2.05, 4.69) is 18.9 Å². The van der Waals surface area contributed by atoms with Crippen LogP contribution in [0.3, 0.4) is 0 Å². The summed E-state index contributed by atoms with van der Waals surface area (Å²) < 4.78 is 7.47. The lowest BCUT2D eigenvalue weighted by Crippen LogP contribution is -2.35. The van der Waals surface area contributed by atoms with Gasteiger partial charge in [0.25, 0.3) is 0 Å². The van der Waals surface area contributed by atoms with Crippen LogP contribution in [0.4, 0.5) is 5.69 Å². The molecule has 2 N–H and O–H groups in total. The summed E-state index contributed by atoms with van der Waals surface area (Å²) in [5.74, 6) is -0.250. The van der Waals surface area contributed by atoms with Crippen LogP contribution in [0.25, 0.3) is 0 Å². The quantitative estimate of drug-likeness (QED) is 0.842. The molecule has 106 valence electrons. The van der Waals surface area contributed by atoms with E-state index in [1.54, 1.807) is 12.3 Å². The third-order valence-corrected chi connectivity index (χ3v) is 3.53. The van der Waals surface area contributed by atoms with E-state index in [1.165, 1.54) is 0 Å². The molecule has 0 aromatic carbocycles. The summed E-state index contributed by atoms with van der Waals surface area (Å²) in [4.78, 5) is 14.4. The fourth-order valence-corrected chi connectivity index (χ4v) is 2.44. The second kappa shape index (κ2) is 6.10. The summed E-state index contributed by atoms with van der Waals surface area (Å²) in [6, 6.07) is 1.70. The minimum absolute atomic E-state index is 0.0369. The molecular formula is C14H23N3O2. The Bertz CT molecular complexity index is 434. The Labute approximate surface area is 114 Å². The van der Waals surface area contributed by atoms with Gasteiger partial charge in [0.1, 0.15) is 11.8 Å². The Kier molecular flexibility index (Phi) is 4.47. The van der Waals surface area contributed by atoms with Crippen molar-refractivity contribution in [2.45, 2.75) is 38.8 Å². The number of likely N-dealkylation sites (tertiary alicyclic amines) is 1. The molecule has 19 heavy (non-hydrogen) atoms. The van der Waals surface area contributed by atoms with E-state index in [0.29, 0.717) is 11.4 Å². The number of nitrogens with zero attached hydrogens (tertiary/aromatic N) is 2. The number of ether oxygens (including phenoxy) is 1. The number of hydrogen-bond donors (Lipinski definition) is 1. The summed E-state index contributed by atoms with van der Waals surface area (Å²) in [6.07, 6.45) is 4.62. The molecule has 0 amide bonds. The van der Waals surface area contributed by atoms with E-state index >= 15 is 0 Å². The Balaban J connectivity index is 1.99. The van der Waals surface area contributed by atoms with Crippen molar-refractivity contribution >= 4 is 11.7 Å². The van der Waals surface area contributed by atoms with Gasteiger partial charge in [0, 0.05) is 25.8 Å². The number of rotatable bonds is 4. The van der Waals surface area contributed by atoms with Crippen LogP contribution in [0.2, 0.25) is 0 Å². The van der Waals surface area contributed by atoms with Crippen molar-refractivity contribution in [3.63, 3.8) is 0 Å². The summed E-state index contributed by atoms with van der Waals surface area (Å²) in [7, 11) is 2.09. The average Bonchev–Trinajstić information content (AvgIpc) is 2.74. The molecular weight excluding hydrogens is 242 g/mol. The molecule has 0 unspecified atom stereocenters. The standard InChI is InChI=1S/C14H23N3O2/c1-3-6-17-10-11(15)9-13(17)14(18)19-12-4-7-16(2)8-5-12/h9-10,12H,3-8,15H2,1-2H3. The smallest absolute Gasteiger partial charge is 0.355 e. The van der Waals surface area contributed by atoms with Gasteiger partial charge in [0.05, 0.1) is 5.69 Å². The molecule has 1 aromatic heterocycles. The van der Waals surface area contributed by atoms with Gasteiger partial charge in [-0.3, -0.25) is 0 Å². The molecule has 0 bridgehead atoms. The van der Waals surface area contributed by atoms with Crippen LogP contribution in [0.1, 0.15) is 36.7 Å². The summed E-state index contributed by atoms with van der Waals surface area (Å²) in [6.45, 7) is 4.82. The van der Waals surface area contributed by atoms with Gasteiger partial charge >= 0.3 is 5.97 Å². The molecule has 1 aromatic rings. The first-order chi connectivity index (χ1) is 9.10.